The maximum Gasteiger partial charge on any atom is 0.251 e. The Labute approximate surface area is 150 Å². The van der Waals surface area contributed by atoms with E-state index in [4.69, 9.17) is 9.72 Å². The fourth-order valence-electron chi connectivity index (χ4n) is 3.24. The van der Waals surface area contributed by atoms with E-state index in [9.17, 15) is 8.78 Å². The summed E-state index contributed by atoms with van der Waals surface area (Å²) < 4.78 is 32.5. The molecule has 0 amide bonds. The van der Waals surface area contributed by atoms with Gasteiger partial charge >= 0.3 is 0 Å². The van der Waals surface area contributed by atoms with Crippen LogP contribution in [0.2, 0.25) is 0 Å². The minimum absolute atomic E-state index is 0.171. The van der Waals surface area contributed by atoms with Crippen LogP contribution in [0, 0.1) is 13.8 Å². The zero-order valence-corrected chi connectivity index (χ0v) is 14.9. The topological polar surface area (TPSA) is 64.0 Å². The molecule has 138 valence electrons. The first-order chi connectivity index (χ1) is 12.4. The normalized spacial score (nSPS) is 20.3. The van der Waals surface area contributed by atoms with Crippen molar-refractivity contribution in [3.05, 3.63) is 23.2 Å². The van der Waals surface area contributed by atoms with Gasteiger partial charge in [0.05, 0.1) is 30.3 Å². The zero-order chi connectivity index (χ0) is 18.3. The molecule has 2 aliphatic rings. The van der Waals surface area contributed by atoms with Crippen LogP contribution in [-0.2, 0) is 4.74 Å². The molecule has 1 aliphatic heterocycles. The number of allylic oxidation sites excluding steroid dienone is 2. The van der Waals surface area contributed by atoms with Crippen LogP contribution in [0.15, 0.2) is 6.08 Å². The van der Waals surface area contributed by atoms with Gasteiger partial charge < -0.3 is 9.64 Å². The molecule has 6 nitrogen and oxygen atoms in total. The number of rotatable bonds is 2. The van der Waals surface area contributed by atoms with E-state index < -0.39 is 5.92 Å². The first kappa shape index (κ1) is 17.2. The van der Waals surface area contributed by atoms with Crippen LogP contribution in [0.1, 0.15) is 36.3 Å². The Hall–Kier alpha value is -2.22. The number of morpholine rings is 1. The zero-order valence-electron chi connectivity index (χ0n) is 14.9. The smallest absolute Gasteiger partial charge is 0.251 e. The Morgan fingerprint density at radius 3 is 2.46 bits per heavy atom. The Balaban J connectivity index is 1.85. The van der Waals surface area contributed by atoms with Gasteiger partial charge in [-0.05, 0) is 25.8 Å². The molecule has 0 radical (unpaired) electrons. The van der Waals surface area contributed by atoms with E-state index in [1.165, 1.54) is 0 Å². The lowest BCUT2D eigenvalue weighted by atomic mass is 9.93. The number of halogens is 2. The molecular formula is C18H21F2N5O. The molecule has 0 unspecified atom stereocenters. The molecule has 1 aliphatic carbocycles. The summed E-state index contributed by atoms with van der Waals surface area (Å²) in [6, 6.07) is 0. The number of hydrogen-bond donors (Lipinski definition) is 0. The number of anilines is 1. The summed E-state index contributed by atoms with van der Waals surface area (Å²) in [5.74, 6) is -2.08. The van der Waals surface area contributed by atoms with Gasteiger partial charge in [-0.3, -0.25) is 0 Å². The second-order valence-corrected chi connectivity index (χ2v) is 6.83. The molecule has 0 aromatic carbocycles. The molecule has 0 spiro atoms. The van der Waals surface area contributed by atoms with E-state index in [1.807, 2.05) is 18.7 Å². The Morgan fingerprint density at radius 1 is 1.04 bits per heavy atom. The van der Waals surface area contributed by atoms with Gasteiger partial charge in [-0.2, -0.15) is 4.98 Å². The van der Waals surface area contributed by atoms with Crippen LogP contribution in [0.25, 0.3) is 16.7 Å². The van der Waals surface area contributed by atoms with E-state index in [1.54, 1.807) is 6.08 Å². The number of nitrogens with zero attached hydrogens (tertiary/aromatic N) is 5. The molecule has 2 aromatic heterocycles. The van der Waals surface area contributed by atoms with Gasteiger partial charge in [-0.25, -0.2) is 23.7 Å². The first-order valence-electron chi connectivity index (χ1n) is 8.86. The molecule has 4 rings (SSSR count). The molecule has 3 heterocycles. The highest BCUT2D eigenvalue weighted by Crippen LogP contribution is 2.37. The first-order valence-corrected chi connectivity index (χ1v) is 8.86. The van der Waals surface area contributed by atoms with Gasteiger partial charge in [0, 0.05) is 25.9 Å². The molecule has 1 fully saturated rings. The van der Waals surface area contributed by atoms with E-state index in [2.05, 4.69) is 15.0 Å². The van der Waals surface area contributed by atoms with Crippen LogP contribution in [-0.4, -0.2) is 52.2 Å². The molecule has 8 heteroatoms. The lowest BCUT2D eigenvalue weighted by Crippen LogP contribution is -2.37. The number of fused-ring (bicyclic) bond motifs is 1. The van der Waals surface area contributed by atoms with E-state index in [-0.39, 0.29) is 19.3 Å². The number of aromatic nitrogens is 4. The van der Waals surface area contributed by atoms with Crippen molar-refractivity contribution in [1.29, 1.82) is 0 Å². The molecule has 2 aromatic rings. The minimum Gasteiger partial charge on any atom is -0.378 e. The van der Waals surface area contributed by atoms with Crippen molar-refractivity contribution in [2.45, 2.75) is 39.0 Å². The van der Waals surface area contributed by atoms with Crippen molar-refractivity contribution in [3.8, 4) is 0 Å². The third-order valence-corrected chi connectivity index (χ3v) is 4.94. The molecule has 1 saturated heterocycles. The molecule has 0 bridgehead atoms. The lowest BCUT2D eigenvalue weighted by Gasteiger charge is -2.28. The summed E-state index contributed by atoms with van der Waals surface area (Å²) in [6.45, 7) is 6.39. The van der Waals surface area contributed by atoms with Crippen molar-refractivity contribution in [3.63, 3.8) is 0 Å². The van der Waals surface area contributed by atoms with E-state index in [0.717, 1.165) is 17.0 Å². The molecule has 0 saturated carbocycles. The third-order valence-electron chi connectivity index (χ3n) is 4.94. The second-order valence-electron chi connectivity index (χ2n) is 6.83. The summed E-state index contributed by atoms with van der Waals surface area (Å²) in [4.78, 5) is 20.5. The lowest BCUT2D eigenvalue weighted by molar-refractivity contribution is -0.00604. The van der Waals surface area contributed by atoms with Crippen LogP contribution in [0.5, 0.6) is 0 Å². The molecular weight excluding hydrogens is 340 g/mol. The highest BCUT2D eigenvalue weighted by atomic mass is 19.3. The maximum atomic E-state index is 13.6. The van der Waals surface area contributed by atoms with Crippen molar-refractivity contribution in [2.75, 3.05) is 31.2 Å². The minimum atomic E-state index is -2.64. The largest absolute Gasteiger partial charge is 0.378 e. The van der Waals surface area contributed by atoms with Crippen LogP contribution >= 0.6 is 0 Å². The average Bonchev–Trinajstić information content (AvgIpc) is 2.63. The summed E-state index contributed by atoms with van der Waals surface area (Å²) in [6.07, 6.45) is 1.43. The van der Waals surface area contributed by atoms with Crippen molar-refractivity contribution >= 4 is 22.7 Å². The molecule has 0 N–H and O–H groups in total. The van der Waals surface area contributed by atoms with Crippen molar-refractivity contribution in [2.24, 2.45) is 0 Å². The number of alkyl halides is 2. The van der Waals surface area contributed by atoms with Gasteiger partial charge in [0.25, 0.3) is 5.92 Å². The third kappa shape index (κ3) is 3.25. The number of ether oxygens (including phenoxy) is 1. The van der Waals surface area contributed by atoms with Crippen LogP contribution < -0.4 is 4.90 Å². The maximum absolute atomic E-state index is 13.6. The van der Waals surface area contributed by atoms with Gasteiger partial charge in [0.2, 0.25) is 5.95 Å². The van der Waals surface area contributed by atoms with E-state index >= 15 is 0 Å². The Kier molecular flexibility index (Phi) is 4.30. The summed E-state index contributed by atoms with van der Waals surface area (Å²) in [7, 11) is 0. The fourth-order valence-corrected chi connectivity index (χ4v) is 3.24. The summed E-state index contributed by atoms with van der Waals surface area (Å²) in [5, 5.41) is 0. The highest BCUT2D eigenvalue weighted by Gasteiger charge is 2.32. The van der Waals surface area contributed by atoms with Crippen LogP contribution in [0.3, 0.4) is 0 Å². The van der Waals surface area contributed by atoms with Crippen LogP contribution in [0.4, 0.5) is 14.7 Å². The van der Waals surface area contributed by atoms with Crippen molar-refractivity contribution in [1.82, 2.24) is 19.9 Å². The van der Waals surface area contributed by atoms with E-state index in [0.29, 0.717) is 49.1 Å². The monoisotopic (exact) mass is 361 g/mol. The standard InChI is InChI=1S/C18H21F2N5O/c1-11-12(2)22-16-15(21-11)14(13-3-5-18(19,20)6-4-13)23-17(24-16)25-7-9-26-10-8-25/h3H,4-10H2,1-2H3. The predicted molar refractivity (Wildman–Crippen MR) is 94.4 cm³/mol. The van der Waals surface area contributed by atoms with Gasteiger partial charge in [-0.1, -0.05) is 6.08 Å². The predicted octanol–water partition coefficient (Wildman–Crippen LogP) is 3.08. The molecule has 26 heavy (non-hydrogen) atoms. The quantitative estimate of drug-likeness (QED) is 0.819. The highest BCUT2D eigenvalue weighted by molar-refractivity contribution is 5.86. The Bertz CT molecular complexity index is 878. The fraction of sp³-hybridized carbons (Fsp3) is 0.556. The second kappa shape index (κ2) is 6.50. The Morgan fingerprint density at radius 2 is 1.77 bits per heavy atom. The molecule has 0 atom stereocenters. The summed E-state index contributed by atoms with van der Waals surface area (Å²) >= 11 is 0. The van der Waals surface area contributed by atoms with Gasteiger partial charge in [0.15, 0.2) is 5.65 Å². The van der Waals surface area contributed by atoms with Gasteiger partial charge in [-0.15, -0.1) is 0 Å². The SMILES string of the molecule is Cc1nc2nc(N3CCOCC3)nc(C3=CCC(F)(F)CC3)c2nc1C. The average molecular weight is 361 g/mol. The number of aryl methyl sites for hydroxylation is 2. The summed E-state index contributed by atoms with van der Waals surface area (Å²) in [5.41, 5.74) is 4.12. The van der Waals surface area contributed by atoms with Gasteiger partial charge in [0.1, 0.15) is 5.52 Å². The number of hydrogen-bond acceptors (Lipinski definition) is 6. The van der Waals surface area contributed by atoms with Crippen molar-refractivity contribution < 1.29 is 13.5 Å².